The molecule has 6 heteroatoms. The molecular formula is C11H8ClN5. The van der Waals surface area contributed by atoms with E-state index in [9.17, 15) is 0 Å². The third kappa shape index (κ3) is 2.44. The van der Waals surface area contributed by atoms with Crippen molar-refractivity contribution in [1.29, 1.82) is 5.26 Å². The van der Waals surface area contributed by atoms with Crippen LogP contribution in [0.2, 0.25) is 5.02 Å². The maximum absolute atomic E-state index is 8.90. The summed E-state index contributed by atoms with van der Waals surface area (Å²) in [5.74, 6) is 0.350. The summed E-state index contributed by atoms with van der Waals surface area (Å²) < 4.78 is 0. The number of nitrogen functional groups attached to an aromatic ring is 1. The topological polar surface area (TPSA) is 87.6 Å². The molecule has 0 saturated heterocycles. The molecular weight excluding hydrogens is 238 g/mol. The summed E-state index contributed by atoms with van der Waals surface area (Å²) in [7, 11) is 0. The van der Waals surface area contributed by atoms with Gasteiger partial charge >= 0.3 is 0 Å². The first kappa shape index (κ1) is 11.2. The summed E-state index contributed by atoms with van der Waals surface area (Å²) in [6.07, 6.45) is 1.45. The second-order valence-electron chi connectivity index (χ2n) is 3.27. The highest BCUT2D eigenvalue weighted by molar-refractivity contribution is 6.33. The lowest BCUT2D eigenvalue weighted by Crippen LogP contribution is -1.99. The number of nitrogens with one attached hydrogen (secondary N) is 1. The first-order chi connectivity index (χ1) is 8.20. The Kier molecular flexibility index (Phi) is 3.08. The number of halogens is 1. The van der Waals surface area contributed by atoms with Crippen molar-refractivity contribution in [3.8, 4) is 6.07 Å². The smallest absolute Gasteiger partial charge is 0.171 e. The van der Waals surface area contributed by atoms with Crippen molar-refractivity contribution in [2.24, 2.45) is 0 Å². The molecule has 0 spiro atoms. The molecule has 2 rings (SSSR count). The quantitative estimate of drug-likeness (QED) is 0.793. The maximum Gasteiger partial charge on any atom is 0.171 e. The van der Waals surface area contributed by atoms with Gasteiger partial charge in [0.2, 0.25) is 0 Å². The number of aromatic nitrogens is 2. The van der Waals surface area contributed by atoms with E-state index >= 15 is 0 Å². The lowest BCUT2D eigenvalue weighted by Gasteiger charge is -2.08. The molecule has 0 aliphatic heterocycles. The highest BCUT2D eigenvalue weighted by atomic mass is 35.5. The zero-order chi connectivity index (χ0) is 12.3. The van der Waals surface area contributed by atoms with E-state index < -0.39 is 0 Å². The highest BCUT2D eigenvalue weighted by Crippen LogP contribution is 2.27. The van der Waals surface area contributed by atoms with E-state index in [-0.39, 0.29) is 0 Å². The zero-order valence-electron chi connectivity index (χ0n) is 8.68. The van der Waals surface area contributed by atoms with Gasteiger partial charge in [0, 0.05) is 5.69 Å². The van der Waals surface area contributed by atoms with Crippen LogP contribution in [0, 0.1) is 11.3 Å². The van der Waals surface area contributed by atoms with Crippen LogP contribution in [-0.4, -0.2) is 10.2 Å². The summed E-state index contributed by atoms with van der Waals surface area (Å²) in [6, 6.07) is 8.60. The second kappa shape index (κ2) is 4.68. The Morgan fingerprint density at radius 1 is 1.35 bits per heavy atom. The highest BCUT2D eigenvalue weighted by Gasteiger charge is 2.06. The number of benzene rings is 1. The molecule has 0 aliphatic rings. The molecule has 0 unspecified atom stereocenters. The van der Waals surface area contributed by atoms with Gasteiger partial charge in [0.05, 0.1) is 22.5 Å². The molecule has 17 heavy (non-hydrogen) atoms. The molecule has 0 aliphatic carbocycles. The summed E-state index contributed by atoms with van der Waals surface area (Å²) >= 11 is 5.99. The first-order valence-corrected chi connectivity index (χ1v) is 5.12. The van der Waals surface area contributed by atoms with Crippen LogP contribution < -0.4 is 11.1 Å². The predicted molar refractivity (Wildman–Crippen MR) is 65.9 cm³/mol. The number of nitriles is 1. The van der Waals surface area contributed by atoms with Crippen molar-refractivity contribution in [3.05, 3.63) is 41.0 Å². The van der Waals surface area contributed by atoms with Crippen LogP contribution in [0.4, 0.5) is 17.2 Å². The van der Waals surface area contributed by atoms with Gasteiger partial charge < -0.3 is 11.1 Å². The van der Waals surface area contributed by atoms with Gasteiger partial charge in [-0.1, -0.05) is 11.6 Å². The van der Waals surface area contributed by atoms with Crippen LogP contribution in [-0.2, 0) is 0 Å². The van der Waals surface area contributed by atoms with Crippen LogP contribution >= 0.6 is 11.6 Å². The van der Waals surface area contributed by atoms with Crippen LogP contribution in [0.1, 0.15) is 5.56 Å². The molecule has 1 aromatic carbocycles. The summed E-state index contributed by atoms with van der Waals surface area (Å²) in [6.45, 7) is 0. The van der Waals surface area contributed by atoms with Gasteiger partial charge in [-0.3, -0.25) is 0 Å². The van der Waals surface area contributed by atoms with Gasteiger partial charge in [0.1, 0.15) is 6.07 Å². The minimum atomic E-state index is 0.350. The Morgan fingerprint density at radius 2 is 2.18 bits per heavy atom. The normalized spacial score (nSPS) is 9.65. The standard InChI is InChI=1S/C11H8ClN5/c12-9-2-1-8(14)5-10(9)16-11-7(6-13)3-4-15-17-11/h1-5H,14H2,(H,16,17). The van der Waals surface area contributed by atoms with Gasteiger partial charge in [-0.15, -0.1) is 5.10 Å². The van der Waals surface area contributed by atoms with Gasteiger partial charge in [0.15, 0.2) is 5.82 Å². The summed E-state index contributed by atoms with van der Waals surface area (Å²) in [5.41, 5.74) is 7.20. The average molecular weight is 246 g/mol. The van der Waals surface area contributed by atoms with Crippen molar-refractivity contribution in [2.75, 3.05) is 11.1 Å². The molecule has 0 radical (unpaired) electrons. The molecule has 0 saturated carbocycles. The van der Waals surface area contributed by atoms with Crippen molar-refractivity contribution in [3.63, 3.8) is 0 Å². The number of nitrogens with zero attached hydrogens (tertiary/aromatic N) is 3. The van der Waals surface area contributed by atoms with Crippen molar-refractivity contribution >= 4 is 28.8 Å². The minimum Gasteiger partial charge on any atom is -0.399 e. The number of hydrogen-bond acceptors (Lipinski definition) is 5. The fourth-order valence-electron chi connectivity index (χ4n) is 1.28. The van der Waals surface area contributed by atoms with Crippen LogP contribution in [0.5, 0.6) is 0 Å². The SMILES string of the molecule is N#Cc1ccnnc1Nc1cc(N)ccc1Cl. The molecule has 3 N–H and O–H groups in total. The van der Waals surface area contributed by atoms with Crippen LogP contribution in [0.3, 0.4) is 0 Å². The van der Waals surface area contributed by atoms with E-state index in [0.717, 1.165) is 0 Å². The van der Waals surface area contributed by atoms with E-state index in [1.807, 2.05) is 6.07 Å². The molecule has 84 valence electrons. The summed E-state index contributed by atoms with van der Waals surface area (Å²) in [5, 5.41) is 19.9. The molecule has 1 aromatic heterocycles. The first-order valence-electron chi connectivity index (χ1n) is 4.74. The number of anilines is 3. The molecule has 5 nitrogen and oxygen atoms in total. The monoisotopic (exact) mass is 245 g/mol. The Balaban J connectivity index is 2.38. The lowest BCUT2D eigenvalue weighted by atomic mass is 10.2. The number of rotatable bonds is 2. The lowest BCUT2D eigenvalue weighted by molar-refractivity contribution is 1.03. The van der Waals surface area contributed by atoms with Gasteiger partial charge in [0.25, 0.3) is 0 Å². The van der Waals surface area contributed by atoms with E-state index in [1.165, 1.54) is 6.20 Å². The molecule has 0 fully saturated rings. The molecule has 2 aromatic rings. The fraction of sp³-hybridized carbons (Fsp3) is 0. The third-order valence-electron chi connectivity index (χ3n) is 2.08. The van der Waals surface area contributed by atoms with Crippen molar-refractivity contribution in [2.45, 2.75) is 0 Å². The van der Waals surface area contributed by atoms with Crippen LogP contribution in [0.25, 0.3) is 0 Å². The molecule has 1 heterocycles. The Hall–Kier alpha value is -2.32. The predicted octanol–water partition coefficient (Wildman–Crippen LogP) is 2.33. The van der Waals surface area contributed by atoms with E-state index in [1.54, 1.807) is 24.3 Å². The van der Waals surface area contributed by atoms with Crippen molar-refractivity contribution < 1.29 is 0 Å². The van der Waals surface area contributed by atoms with Crippen LogP contribution in [0.15, 0.2) is 30.5 Å². The van der Waals surface area contributed by atoms with Crippen molar-refractivity contribution in [1.82, 2.24) is 10.2 Å². The fourth-order valence-corrected chi connectivity index (χ4v) is 1.45. The summed E-state index contributed by atoms with van der Waals surface area (Å²) in [4.78, 5) is 0. The van der Waals surface area contributed by atoms with Gasteiger partial charge in [-0.05, 0) is 24.3 Å². The maximum atomic E-state index is 8.90. The van der Waals surface area contributed by atoms with E-state index in [4.69, 9.17) is 22.6 Å². The molecule has 0 atom stereocenters. The van der Waals surface area contributed by atoms with E-state index in [0.29, 0.717) is 27.8 Å². The Morgan fingerprint density at radius 3 is 2.94 bits per heavy atom. The largest absolute Gasteiger partial charge is 0.399 e. The third-order valence-corrected chi connectivity index (χ3v) is 2.41. The van der Waals surface area contributed by atoms with Gasteiger partial charge in [-0.25, -0.2) is 0 Å². The minimum absolute atomic E-state index is 0.350. The molecule has 0 bridgehead atoms. The Bertz CT molecular complexity index is 591. The average Bonchev–Trinajstić information content (AvgIpc) is 2.34. The van der Waals surface area contributed by atoms with Gasteiger partial charge in [-0.2, -0.15) is 10.4 Å². The van der Waals surface area contributed by atoms with E-state index in [2.05, 4.69) is 15.5 Å². The Labute approximate surface area is 103 Å². The second-order valence-corrected chi connectivity index (χ2v) is 3.68. The number of nitrogens with two attached hydrogens (primary N) is 1. The molecule has 0 amide bonds. The number of hydrogen-bond donors (Lipinski definition) is 2. The zero-order valence-corrected chi connectivity index (χ0v) is 9.44.